The van der Waals surface area contributed by atoms with Crippen LogP contribution in [0.4, 0.5) is 10.1 Å². The molecule has 168 valence electrons. The molecule has 1 amide bonds. The van der Waals surface area contributed by atoms with Gasteiger partial charge in [-0.3, -0.25) is 9.52 Å². The van der Waals surface area contributed by atoms with Crippen LogP contribution in [0.3, 0.4) is 0 Å². The highest BCUT2D eigenvalue weighted by atomic mass is 32.2. The highest BCUT2D eigenvalue weighted by molar-refractivity contribution is 7.92. The summed E-state index contributed by atoms with van der Waals surface area (Å²) in [6.45, 7) is 6.25. The molecular formula is C23H30FN3O3S. The molecule has 0 saturated carbocycles. The fourth-order valence-corrected chi connectivity index (χ4v) is 4.64. The van der Waals surface area contributed by atoms with Gasteiger partial charge in [0.15, 0.2) is 0 Å². The van der Waals surface area contributed by atoms with E-state index in [-0.39, 0.29) is 17.2 Å². The number of benzene rings is 2. The third kappa shape index (κ3) is 7.33. The quantitative estimate of drug-likeness (QED) is 0.578. The predicted molar refractivity (Wildman–Crippen MR) is 120 cm³/mol. The SMILES string of the molecule is CC1CCN(CCCNC(=O)Cc2ccc(NS(=O)(=O)c3ccc(F)cc3)cc2)CC1. The molecule has 2 aromatic carbocycles. The summed E-state index contributed by atoms with van der Waals surface area (Å²) in [5, 5.41) is 2.95. The highest BCUT2D eigenvalue weighted by Gasteiger charge is 2.16. The number of piperidine rings is 1. The number of amides is 1. The van der Waals surface area contributed by atoms with Gasteiger partial charge in [0.05, 0.1) is 11.3 Å². The summed E-state index contributed by atoms with van der Waals surface area (Å²) in [6.07, 6.45) is 3.68. The Hall–Kier alpha value is -2.45. The molecule has 0 bridgehead atoms. The fraction of sp³-hybridized carbons (Fsp3) is 0.435. The van der Waals surface area contributed by atoms with E-state index in [0.29, 0.717) is 12.2 Å². The minimum absolute atomic E-state index is 0.0172. The first-order valence-corrected chi connectivity index (χ1v) is 12.2. The Labute approximate surface area is 183 Å². The highest BCUT2D eigenvalue weighted by Crippen LogP contribution is 2.18. The van der Waals surface area contributed by atoms with Crippen molar-refractivity contribution in [3.05, 3.63) is 59.9 Å². The van der Waals surface area contributed by atoms with E-state index >= 15 is 0 Å². The van der Waals surface area contributed by atoms with E-state index in [9.17, 15) is 17.6 Å². The molecule has 1 aliphatic rings. The second kappa shape index (κ2) is 10.7. The van der Waals surface area contributed by atoms with Crippen molar-refractivity contribution in [1.29, 1.82) is 0 Å². The van der Waals surface area contributed by atoms with Crippen LogP contribution in [0, 0.1) is 11.7 Å². The van der Waals surface area contributed by atoms with Gasteiger partial charge < -0.3 is 10.2 Å². The number of anilines is 1. The van der Waals surface area contributed by atoms with Crippen LogP contribution >= 0.6 is 0 Å². The van der Waals surface area contributed by atoms with Crippen LogP contribution in [0.1, 0.15) is 31.7 Å². The van der Waals surface area contributed by atoms with Gasteiger partial charge in [-0.25, -0.2) is 12.8 Å². The summed E-state index contributed by atoms with van der Waals surface area (Å²) in [5.41, 5.74) is 1.18. The maximum Gasteiger partial charge on any atom is 0.261 e. The number of hydrogen-bond acceptors (Lipinski definition) is 4. The summed E-state index contributed by atoms with van der Waals surface area (Å²) >= 11 is 0. The van der Waals surface area contributed by atoms with E-state index in [1.807, 2.05) is 0 Å². The van der Waals surface area contributed by atoms with Gasteiger partial charge in [-0.1, -0.05) is 19.1 Å². The number of nitrogens with zero attached hydrogens (tertiary/aromatic N) is 1. The molecule has 2 aromatic rings. The second-order valence-electron chi connectivity index (χ2n) is 8.16. The maximum atomic E-state index is 13.0. The van der Waals surface area contributed by atoms with Crippen molar-refractivity contribution in [2.45, 2.75) is 37.5 Å². The second-order valence-corrected chi connectivity index (χ2v) is 9.84. The Balaban J connectivity index is 1.41. The van der Waals surface area contributed by atoms with E-state index in [2.05, 4.69) is 21.9 Å². The number of sulfonamides is 1. The smallest absolute Gasteiger partial charge is 0.261 e. The van der Waals surface area contributed by atoms with Gasteiger partial charge in [-0.05, 0) is 86.8 Å². The molecule has 2 N–H and O–H groups in total. The zero-order valence-corrected chi connectivity index (χ0v) is 18.6. The van der Waals surface area contributed by atoms with Crippen LogP contribution in [0.15, 0.2) is 53.4 Å². The number of likely N-dealkylation sites (tertiary alicyclic amines) is 1. The van der Waals surface area contributed by atoms with E-state index in [4.69, 9.17) is 0 Å². The van der Waals surface area contributed by atoms with E-state index < -0.39 is 15.8 Å². The van der Waals surface area contributed by atoms with Gasteiger partial charge in [0, 0.05) is 12.2 Å². The Kier molecular flexibility index (Phi) is 8.03. The number of hydrogen-bond donors (Lipinski definition) is 2. The molecule has 31 heavy (non-hydrogen) atoms. The van der Waals surface area contributed by atoms with Crippen LogP contribution < -0.4 is 10.0 Å². The molecule has 6 nitrogen and oxygen atoms in total. The molecular weight excluding hydrogens is 417 g/mol. The van der Waals surface area contributed by atoms with E-state index in [1.54, 1.807) is 24.3 Å². The van der Waals surface area contributed by atoms with Gasteiger partial charge in [0.1, 0.15) is 5.82 Å². The lowest BCUT2D eigenvalue weighted by Gasteiger charge is -2.30. The summed E-state index contributed by atoms with van der Waals surface area (Å²) in [6, 6.07) is 11.3. The van der Waals surface area contributed by atoms with Gasteiger partial charge in [0.25, 0.3) is 10.0 Å². The van der Waals surface area contributed by atoms with E-state index in [1.165, 1.54) is 25.0 Å². The van der Waals surface area contributed by atoms with Crippen molar-refractivity contribution in [1.82, 2.24) is 10.2 Å². The summed E-state index contributed by atoms with van der Waals surface area (Å²) in [5.74, 6) is 0.273. The first-order valence-electron chi connectivity index (χ1n) is 10.7. The lowest BCUT2D eigenvalue weighted by atomic mass is 9.99. The van der Waals surface area contributed by atoms with Crippen molar-refractivity contribution in [3.63, 3.8) is 0 Å². The van der Waals surface area contributed by atoms with Crippen LogP contribution in [0.2, 0.25) is 0 Å². The zero-order valence-electron chi connectivity index (χ0n) is 17.8. The average Bonchev–Trinajstić information content (AvgIpc) is 2.74. The normalized spacial score (nSPS) is 15.5. The Morgan fingerprint density at radius 3 is 2.35 bits per heavy atom. The molecule has 0 radical (unpaired) electrons. The van der Waals surface area contributed by atoms with E-state index in [0.717, 1.165) is 49.7 Å². The average molecular weight is 448 g/mol. The van der Waals surface area contributed by atoms with Crippen LogP contribution in [-0.2, 0) is 21.2 Å². The summed E-state index contributed by atoms with van der Waals surface area (Å²) in [7, 11) is -3.79. The number of carbonyl (C=O) groups is 1. The number of carbonyl (C=O) groups excluding carboxylic acids is 1. The Bertz CT molecular complexity index is 955. The minimum Gasteiger partial charge on any atom is -0.356 e. The molecule has 1 aliphatic heterocycles. The third-order valence-electron chi connectivity index (χ3n) is 5.54. The molecule has 0 spiro atoms. The first kappa shape index (κ1) is 23.2. The first-order chi connectivity index (χ1) is 14.8. The summed E-state index contributed by atoms with van der Waals surface area (Å²) < 4.78 is 40.2. The molecule has 1 fully saturated rings. The van der Waals surface area contributed by atoms with Crippen LogP contribution in [-0.4, -0.2) is 45.4 Å². The van der Waals surface area contributed by atoms with Crippen LogP contribution in [0.5, 0.6) is 0 Å². The van der Waals surface area contributed by atoms with Crippen molar-refractivity contribution >= 4 is 21.6 Å². The van der Waals surface area contributed by atoms with Gasteiger partial charge in [0.2, 0.25) is 5.91 Å². The molecule has 3 rings (SSSR count). The Morgan fingerprint density at radius 2 is 1.71 bits per heavy atom. The zero-order chi connectivity index (χ0) is 22.3. The standard InChI is InChI=1S/C23H30FN3O3S/c1-18-11-15-27(16-12-18)14-2-13-25-23(28)17-19-3-7-21(8-4-19)26-31(29,30)22-9-5-20(24)6-10-22/h3-10,18,26H,2,11-17H2,1H3,(H,25,28). The summed E-state index contributed by atoms with van der Waals surface area (Å²) in [4.78, 5) is 14.6. The van der Waals surface area contributed by atoms with Gasteiger partial charge in [-0.2, -0.15) is 0 Å². The fourth-order valence-electron chi connectivity index (χ4n) is 3.58. The molecule has 0 atom stereocenters. The van der Waals surface area contributed by atoms with Crippen molar-refractivity contribution in [2.24, 2.45) is 5.92 Å². The number of rotatable bonds is 9. The van der Waals surface area contributed by atoms with Crippen LogP contribution in [0.25, 0.3) is 0 Å². The molecule has 0 unspecified atom stereocenters. The maximum absolute atomic E-state index is 13.0. The van der Waals surface area contributed by atoms with Crippen molar-refractivity contribution < 1.29 is 17.6 Å². The predicted octanol–water partition coefficient (Wildman–Crippen LogP) is 3.41. The van der Waals surface area contributed by atoms with Gasteiger partial charge in [-0.15, -0.1) is 0 Å². The Morgan fingerprint density at radius 1 is 1.06 bits per heavy atom. The minimum atomic E-state index is -3.79. The topological polar surface area (TPSA) is 78.5 Å². The van der Waals surface area contributed by atoms with Crippen molar-refractivity contribution in [3.8, 4) is 0 Å². The van der Waals surface area contributed by atoms with Gasteiger partial charge >= 0.3 is 0 Å². The lowest BCUT2D eigenvalue weighted by Crippen LogP contribution is -2.35. The lowest BCUT2D eigenvalue weighted by molar-refractivity contribution is -0.120. The third-order valence-corrected chi connectivity index (χ3v) is 6.94. The molecule has 1 saturated heterocycles. The molecule has 0 aromatic heterocycles. The monoisotopic (exact) mass is 447 g/mol. The molecule has 1 heterocycles. The largest absolute Gasteiger partial charge is 0.356 e. The molecule has 8 heteroatoms. The number of halogens is 1. The number of nitrogens with one attached hydrogen (secondary N) is 2. The van der Waals surface area contributed by atoms with Crippen molar-refractivity contribution in [2.75, 3.05) is 30.9 Å². The molecule has 0 aliphatic carbocycles.